The van der Waals surface area contributed by atoms with Crippen LogP contribution in [0, 0.1) is 0 Å². The number of nitrogens with one attached hydrogen (secondary N) is 1. The lowest BCUT2D eigenvalue weighted by molar-refractivity contribution is 0.257. The Bertz CT molecular complexity index is 486. The van der Waals surface area contributed by atoms with E-state index >= 15 is 0 Å². The van der Waals surface area contributed by atoms with Gasteiger partial charge in [0.15, 0.2) is 0 Å². The Hall–Kier alpha value is -0.780. The number of anilines is 1. The smallest absolute Gasteiger partial charge is 0.107 e. The molecule has 0 amide bonds. The first-order valence-corrected chi connectivity index (χ1v) is 8.60. The van der Waals surface area contributed by atoms with Crippen molar-refractivity contribution in [1.29, 1.82) is 0 Å². The molecule has 3 N–H and O–H groups in total. The van der Waals surface area contributed by atoms with Crippen molar-refractivity contribution >= 4 is 34.7 Å². The number of thioether (sulfide) groups is 1. The zero-order valence-corrected chi connectivity index (χ0v) is 14.0. The zero-order valence-electron chi connectivity index (χ0n) is 12.3. The maximum atomic E-state index is 5.88. The molecule has 3 nitrogen and oxygen atoms in total. The Morgan fingerprint density at radius 2 is 2.25 bits per heavy atom. The third-order valence-electron chi connectivity index (χ3n) is 3.90. The van der Waals surface area contributed by atoms with Gasteiger partial charge in [0.2, 0.25) is 0 Å². The number of benzene rings is 1. The molecule has 110 valence electrons. The van der Waals surface area contributed by atoms with Crippen molar-refractivity contribution in [3.05, 3.63) is 23.8 Å². The van der Waals surface area contributed by atoms with Crippen LogP contribution >= 0.6 is 24.0 Å². The van der Waals surface area contributed by atoms with E-state index in [1.54, 1.807) is 11.8 Å². The molecule has 1 aromatic rings. The van der Waals surface area contributed by atoms with E-state index in [0.717, 1.165) is 28.7 Å². The number of hydrogen-bond acceptors (Lipinski definition) is 4. The van der Waals surface area contributed by atoms with Crippen LogP contribution in [0.25, 0.3) is 0 Å². The van der Waals surface area contributed by atoms with Gasteiger partial charge in [-0.25, -0.2) is 0 Å². The lowest BCUT2D eigenvalue weighted by atomic mass is 10.1. The van der Waals surface area contributed by atoms with Gasteiger partial charge in [-0.1, -0.05) is 18.3 Å². The third-order valence-corrected chi connectivity index (χ3v) is 4.88. The molecule has 0 heterocycles. The van der Waals surface area contributed by atoms with E-state index < -0.39 is 0 Å². The van der Waals surface area contributed by atoms with Crippen LogP contribution in [0.5, 0.6) is 0 Å². The summed E-state index contributed by atoms with van der Waals surface area (Å²) in [7, 11) is 2.21. The summed E-state index contributed by atoms with van der Waals surface area (Å²) in [4.78, 5) is 4.04. The van der Waals surface area contributed by atoms with Crippen LogP contribution in [-0.2, 0) is 0 Å². The standard InChI is InChI=1S/C15H23N3S2/c1-10(18(2)11-7-8-11)9-17-12-5-4-6-13(20-3)14(12)15(16)19/h4-6,10-11,17H,7-9H2,1-3H3,(H2,16,19). The molecule has 1 unspecified atom stereocenters. The second kappa shape index (κ2) is 6.78. The summed E-state index contributed by atoms with van der Waals surface area (Å²) in [5.74, 6) is 0. The van der Waals surface area contributed by atoms with Gasteiger partial charge in [-0.15, -0.1) is 11.8 Å². The summed E-state index contributed by atoms with van der Waals surface area (Å²) in [6.45, 7) is 3.16. The fraction of sp³-hybridized carbons (Fsp3) is 0.533. The average Bonchev–Trinajstić information content (AvgIpc) is 3.27. The second-order valence-corrected chi connectivity index (χ2v) is 6.66. The van der Waals surface area contributed by atoms with Gasteiger partial charge >= 0.3 is 0 Å². The number of likely N-dealkylation sites (N-methyl/N-ethyl adjacent to an activating group) is 1. The first-order valence-electron chi connectivity index (χ1n) is 6.97. The zero-order chi connectivity index (χ0) is 14.7. The molecule has 0 radical (unpaired) electrons. The van der Waals surface area contributed by atoms with E-state index in [9.17, 15) is 0 Å². The highest BCUT2D eigenvalue weighted by Crippen LogP contribution is 2.29. The molecular weight excluding hydrogens is 286 g/mol. The van der Waals surface area contributed by atoms with Crippen molar-refractivity contribution in [2.45, 2.75) is 36.7 Å². The van der Waals surface area contributed by atoms with Gasteiger partial charge in [0.05, 0.1) is 0 Å². The van der Waals surface area contributed by atoms with Gasteiger partial charge in [0.25, 0.3) is 0 Å². The monoisotopic (exact) mass is 309 g/mol. The molecule has 0 spiro atoms. The van der Waals surface area contributed by atoms with Gasteiger partial charge in [0, 0.05) is 34.8 Å². The molecule has 1 aromatic carbocycles. The Balaban J connectivity index is 2.06. The Kier molecular flexibility index (Phi) is 5.29. The molecule has 0 aliphatic heterocycles. The van der Waals surface area contributed by atoms with E-state index in [1.807, 2.05) is 12.3 Å². The summed E-state index contributed by atoms with van der Waals surface area (Å²) >= 11 is 6.88. The van der Waals surface area contributed by atoms with Crippen LogP contribution < -0.4 is 11.1 Å². The molecule has 1 saturated carbocycles. The fourth-order valence-electron chi connectivity index (χ4n) is 2.35. The summed E-state index contributed by atoms with van der Waals surface area (Å²) in [6, 6.07) is 7.44. The topological polar surface area (TPSA) is 41.3 Å². The molecule has 0 saturated heterocycles. The van der Waals surface area contributed by atoms with E-state index in [4.69, 9.17) is 18.0 Å². The third kappa shape index (κ3) is 3.65. The van der Waals surface area contributed by atoms with Crippen molar-refractivity contribution in [2.75, 3.05) is 25.2 Å². The van der Waals surface area contributed by atoms with E-state index in [1.165, 1.54) is 12.8 Å². The summed E-state index contributed by atoms with van der Waals surface area (Å²) in [5.41, 5.74) is 7.89. The molecule has 0 bridgehead atoms. The molecule has 5 heteroatoms. The lowest BCUT2D eigenvalue weighted by Crippen LogP contribution is -2.36. The van der Waals surface area contributed by atoms with E-state index in [2.05, 4.69) is 36.3 Å². The number of thiocarbonyl (C=S) groups is 1. The predicted molar refractivity (Wildman–Crippen MR) is 92.8 cm³/mol. The molecule has 1 aliphatic rings. The lowest BCUT2D eigenvalue weighted by Gasteiger charge is -2.25. The molecule has 20 heavy (non-hydrogen) atoms. The van der Waals surface area contributed by atoms with Crippen molar-refractivity contribution in [2.24, 2.45) is 5.73 Å². The number of rotatable bonds is 7. The van der Waals surface area contributed by atoms with Crippen LogP contribution in [-0.4, -0.2) is 41.8 Å². The van der Waals surface area contributed by atoms with Gasteiger partial charge in [-0.3, -0.25) is 4.90 Å². The molecule has 1 fully saturated rings. The molecular formula is C15H23N3S2. The minimum atomic E-state index is 0.459. The number of nitrogens with two attached hydrogens (primary N) is 1. The van der Waals surface area contributed by atoms with Crippen LogP contribution in [0.2, 0.25) is 0 Å². The largest absolute Gasteiger partial charge is 0.389 e. The highest BCUT2D eigenvalue weighted by atomic mass is 32.2. The van der Waals surface area contributed by atoms with Gasteiger partial charge < -0.3 is 11.1 Å². The van der Waals surface area contributed by atoms with Crippen molar-refractivity contribution in [3.63, 3.8) is 0 Å². The highest BCUT2D eigenvalue weighted by molar-refractivity contribution is 7.98. The summed E-state index contributed by atoms with van der Waals surface area (Å²) in [6.07, 6.45) is 4.71. The van der Waals surface area contributed by atoms with Crippen LogP contribution in [0.1, 0.15) is 25.3 Å². The van der Waals surface area contributed by atoms with Gasteiger partial charge in [-0.2, -0.15) is 0 Å². The van der Waals surface area contributed by atoms with Crippen LogP contribution in [0.4, 0.5) is 5.69 Å². The van der Waals surface area contributed by atoms with Crippen molar-refractivity contribution in [1.82, 2.24) is 4.90 Å². The van der Waals surface area contributed by atoms with Crippen LogP contribution in [0.3, 0.4) is 0 Å². The first-order chi connectivity index (χ1) is 9.54. The predicted octanol–water partition coefficient (Wildman–Crippen LogP) is 2.94. The first kappa shape index (κ1) is 15.6. The maximum absolute atomic E-state index is 5.88. The number of nitrogens with zero attached hydrogens (tertiary/aromatic N) is 1. The van der Waals surface area contributed by atoms with Crippen molar-refractivity contribution in [3.8, 4) is 0 Å². The van der Waals surface area contributed by atoms with Gasteiger partial charge in [0.1, 0.15) is 4.99 Å². The maximum Gasteiger partial charge on any atom is 0.107 e. The number of hydrogen-bond donors (Lipinski definition) is 2. The normalized spacial score (nSPS) is 16.2. The van der Waals surface area contributed by atoms with Crippen LogP contribution in [0.15, 0.2) is 23.1 Å². The molecule has 1 atom stereocenters. The Morgan fingerprint density at radius 1 is 1.55 bits per heavy atom. The highest BCUT2D eigenvalue weighted by Gasteiger charge is 2.29. The average molecular weight is 310 g/mol. The van der Waals surface area contributed by atoms with E-state index in [-0.39, 0.29) is 0 Å². The Labute approximate surface area is 131 Å². The molecule has 2 rings (SSSR count). The minimum Gasteiger partial charge on any atom is -0.389 e. The SMILES string of the molecule is CSc1cccc(NCC(C)N(C)C2CC2)c1C(N)=S. The Morgan fingerprint density at radius 3 is 2.80 bits per heavy atom. The molecule has 1 aliphatic carbocycles. The second-order valence-electron chi connectivity index (χ2n) is 5.37. The van der Waals surface area contributed by atoms with Crippen molar-refractivity contribution < 1.29 is 0 Å². The summed E-state index contributed by atoms with van der Waals surface area (Å²) < 4.78 is 0. The van der Waals surface area contributed by atoms with E-state index in [0.29, 0.717) is 11.0 Å². The quantitative estimate of drug-likeness (QED) is 0.599. The fourth-order valence-corrected chi connectivity index (χ4v) is 3.27. The molecule has 0 aromatic heterocycles. The minimum absolute atomic E-state index is 0.459. The van der Waals surface area contributed by atoms with Gasteiger partial charge in [-0.05, 0) is 45.2 Å². The summed E-state index contributed by atoms with van der Waals surface area (Å²) in [5, 5.41) is 3.51.